The third kappa shape index (κ3) is 93.3. The van der Waals surface area contributed by atoms with Gasteiger partial charge in [-0.2, -0.15) is 0 Å². The molecule has 0 aromatic rings. The Morgan fingerprint density at radius 1 is 0.286 bits per heavy atom. The van der Waals surface area contributed by atoms with Gasteiger partial charge >= 0.3 is 0 Å². The number of hydrogen-bond donors (Lipinski definition) is 0. The monoisotopic (exact) mass is 520 g/mol. The molecule has 0 aromatic heterocycles. The van der Waals surface area contributed by atoms with E-state index in [2.05, 4.69) is 0 Å². The summed E-state index contributed by atoms with van der Waals surface area (Å²) in [6.07, 6.45) is 0. The molecule has 26 radical (unpaired) electrons. The summed E-state index contributed by atoms with van der Waals surface area (Å²) in [7, 11) is 0. The molecule has 14 heavy (non-hydrogen) atoms. The van der Waals surface area contributed by atoms with E-state index in [-0.39, 0.29) is 343 Å². The molecular formula is H4Mg8O2SiSr3. The molecule has 0 unspecified atom stereocenters. The van der Waals surface area contributed by atoms with Gasteiger partial charge in [0.2, 0.25) is 0 Å². The Labute approximate surface area is 331 Å². The maximum atomic E-state index is 0. The zero-order valence-corrected chi connectivity index (χ0v) is 32.0. The van der Waals surface area contributed by atoms with Crippen LogP contribution in [0.4, 0.5) is 0 Å². The summed E-state index contributed by atoms with van der Waals surface area (Å²) in [4.78, 5) is 0. The zero-order valence-electron chi connectivity index (χ0n) is 9.28. The molecule has 0 bridgehead atoms. The SMILES string of the molecule is O.O.[Mg].[Mg].[Mg].[Mg].[Mg].[Mg].[Mg].[Mg].[Si].[Sr].[Sr].[Sr]. The molecule has 0 heterocycles. The Morgan fingerprint density at radius 2 is 0.286 bits per heavy atom. The fourth-order valence-corrected chi connectivity index (χ4v) is 0. The van der Waals surface area contributed by atoms with Crippen LogP contribution in [0.1, 0.15) is 0 Å². The fraction of sp³-hybridized carbons (Fsp3) is 0. The average Bonchev–Trinajstić information content (AvgIpc) is 0. The molecule has 0 amide bonds. The predicted molar refractivity (Wildman–Crippen MR) is 76.3 cm³/mol. The van der Waals surface area contributed by atoms with Gasteiger partial charge in [0.25, 0.3) is 0 Å². The van der Waals surface area contributed by atoms with E-state index in [1.54, 1.807) is 0 Å². The van der Waals surface area contributed by atoms with Crippen LogP contribution in [-0.2, 0) is 0 Å². The second-order valence-electron chi connectivity index (χ2n) is 0. The minimum atomic E-state index is 0. The molecule has 0 rings (SSSR count). The van der Waals surface area contributed by atoms with Crippen LogP contribution in [0.3, 0.4) is 0 Å². The van der Waals surface area contributed by atoms with Crippen molar-refractivity contribution in [3.05, 3.63) is 0 Å². The predicted octanol–water partition coefficient (Wildman–Crippen LogP) is -6.22. The van der Waals surface area contributed by atoms with Crippen LogP contribution in [0, 0.1) is 0 Å². The van der Waals surface area contributed by atoms with Gasteiger partial charge in [-0.05, 0) is 0 Å². The maximum Gasteiger partial charge on any atom is 0 e. The van der Waals surface area contributed by atoms with Gasteiger partial charge in [-0.25, -0.2) is 0 Å². The van der Waals surface area contributed by atoms with Crippen molar-refractivity contribution in [1.29, 1.82) is 0 Å². The van der Waals surface area contributed by atoms with E-state index in [0.29, 0.717) is 0 Å². The van der Waals surface area contributed by atoms with Crippen molar-refractivity contribution in [2.24, 2.45) is 0 Å². The van der Waals surface area contributed by atoms with Gasteiger partial charge < -0.3 is 11.0 Å². The van der Waals surface area contributed by atoms with Gasteiger partial charge in [-0.15, -0.1) is 0 Å². The van der Waals surface area contributed by atoms with Crippen molar-refractivity contribution in [3.63, 3.8) is 0 Å². The van der Waals surface area contributed by atoms with Crippen LogP contribution in [0.15, 0.2) is 0 Å². The van der Waals surface area contributed by atoms with Gasteiger partial charge in [-0.1, -0.05) is 0 Å². The van der Waals surface area contributed by atoms with Gasteiger partial charge in [0.15, 0.2) is 0 Å². The Kier molecular flexibility index (Phi) is 922. The first-order chi connectivity index (χ1) is 0. The molecule has 42 valence electrons. The molecule has 0 aliphatic rings. The minimum absolute atomic E-state index is 0. The van der Waals surface area contributed by atoms with Gasteiger partial charge in [0, 0.05) is 332 Å². The van der Waals surface area contributed by atoms with Crippen molar-refractivity contribution in [2.45, 2.75) is 0 Å². The molecule has 2 nitrogen and oxygen atoms in total. The van der Waals surface area contributed by atoms with E-state index in [0.717, 1.165) is 0 Å². The molecule has 0 saturated heterocycles. The maximum absolute atomic E-state index is 0. The van der Waals surface area contributed by atoms with E-state index in [1.807, 2.05) is 0 Å². The second-order valence-corrected chi connectivity index (χ2v) is 0. The van der Waals surface area contributed by atoms with E-state index < -0.39 is 0 Å². The first kappa shape index (κ1) is 121. The molecule has 0 spiro atoms. The van der Waals surface area contributed by atoms with Crippen molar-refractivity contribution in [3.8, 4) is 0 Å². The summed E-state index contributed by atoms with van der Waals surface area (Å²) in [6, 6.07) is 0. The fourth-order valence-electron chi connectivity index (χ4n) is 0. The van der Waals surface area contributed by atoms with Gasteiger partial charge in [0.1, 0.15) is 0 Å². The summed E-state index contributed by atoms with van der Waals surface area (Å²) in [5.41, 5.74) is 0. The molecule has 0 atom stereocenters. The molecule has 0 fully saturated rings. The van der Waals surface area contributed by atoms with Gasteiger partial charge in [0.05, 0.1) is 0 Å². The normalized spacial score (nSPS) is 0. The summed E-state index contributed by atoms with van der Waals surface area (Å²) in [5, 5.41) is 0. The van der Waals surface area contributed by atoms with E-state index in [9.17, 15) is 0 Å². The molecule has 14 heteroatoms. The Hall–Kier alpha value is 10.7. The smallest absolute Gasteiger partial charge is 0 e. The van der Waals surface area contributed by atoms with Crippen molar-refractivity contribution >= 4 is 332 Å². The minimum Gasteiger partial charge on any atom is -0.412 e. The zero-order chi connectivity index (χ0) is 0. The van der Waals surface area contributed by atoms with Crippen LogP contribution in [-0.4, -0.2) is 343 Å². The van der Waals surface area contributed by atoms with Crippen LogP contribution >= 0.6 is 0 Å². The standard InChI is InChI=1S/8Mg.2H2O.Si.3Sr/h;;;;;;;;2*1H2;;;;. The van der Waals surface area contributed by atoms with Gasteiger partial charge in [-0.3, -0.25) is 0 Å². The van der Waals surface area contributed by atoms with E-state index >= 15 is 0 Å². The average molecular weight is 521 g/mol. The molecular weight excluding hydrogens is 517 g/mol. The largest absolute Gasteiger partial charge is 0.412 e. The molecule has 4 N–H and O–H groups in total. The van der Waals surface area contributed by atoms with Crippen LogP contribution < -0.4 is 0 Å². The molecule has 0 saturated carbocycles. The first-order valence-electron chi connectivity index (χ1n) is 0. The quantitative estimate of drug-likeness (QED) is 0.285. The Bertz CT molecular complexity index is 22.5. The first-order valence-corrected chi connectivity index (χ1v) is 0. The third-order valence-corrected chi connectivity index (χ3v) is 0. The molecule has 0 aliphatic heterocycles. The number of hydrogen-bond acceptors (Lipinski definition) is 0. The van der Waals surface area contributed by atoms with Crippen molar-refractivity contribution in [1.82, 2.24) is 0 Å². The van der Waals surface area contributed by atoms with Crippen LogP contribution in [0.25, 0.3) is 0 Å². The van der Waals surface area contributed by atoms with Crippen molar-refractivity contribution in [2.75, 3.05) is 0 Å². The Balaban J connectivity index is 0. The van der Waals surface area contributed by atoms with E-state index in [4.69, 9.17) is 0 Å². The third-order valence-electron chi connectivity index (χ3n) is 0. The van der Waals surface area contributed by atoms with E-state index in [1.165, 1.54) is 0 Å². The topological polar surface area (TPSA) is 63.0 Å². The molecule has 0 aromatic carbocycles. The van der Waals surface area contributed by atoms with Crippen LogP contribution in [0.2, 0.25) is 0 Å². The van der Waals surface area contributed by atoms with Crippen LogP contribution in [0.5, 0.6) is 0 Å². The Morgan fingerprint density at radius 3 is 0.286 bits per heavy atom. The summed E-state index contributed by atoms with van der Waals surface area (Å²) >= 11 is 0. The molecule has 0 aliphatic carbocycles. The summed E-state index contributed by atoms with van der Waals surface area (Å²) in [5.74, 6) is 0. The summed E-state index contributed by atoms with van der Waals surface area (Å²) < 4.78 is 0. The van der Waals surface area contributed by atoms with Crippen molar-refractivity contribution < 1.29 is 11.0 Å². The summed E-state index contributed by atoms with van der Waals surface area (Å²) in [6.45, 7) is 0. The number of rotatable bonds is 0. The second kappa shape index (κ2) is 107.